The van der Waals surface area contributed by atoms with Crippen LogP contribution in [0.2, 0.25) is 0 Å². The summed E-state index contributed by atoms with van der Waals surface area (Å²) in [4.78, 5) is 14.4. The largest absolute Gasteiger partial charge is 0.478 e. The van der Waals surface area contributed by atoms with E-state index in [0.29, 0.717) is 5.56 Å². The Hall–Kier alpha value is -1.13. The van der Waals surface area contributed by atoms with E-state index in [-0.39, 0.29) is 5.41 Å². The molecule has 0 saturated carbocycles. The highest BCUT2D eigenvalue weighted by Gasteiger charge is 2.34. The van der Waals surface area contributed by atoms with Crippen molar-refractivity contribution in [2.24, 2.45) is 5.41 Å². The van der Waals surface area contributed by atoms with Gasteiger partial charge >= 0.3 is 5.97 Å². The van der Waals surface area contributed by atoms with E-state index in [2.05, 4.69) is 19.2 Å². The quantitative estimate of drug-likeness (QED) is 0.852. The Balaban J connectivity index is 2.13. The zero-order chi connectivity index (χ0) is 16.6. The van der Waals surface area contributed by atoms with Crippen LogP contribution in [0, 0.1) is 5.41 Å². The molecule has 0 amide bonds. The lowest BCUT2D eigenvalue weighted by molar-refractivity contribution is 0.0695. The molecule has 0 radical (unpaired) electrons. The lowest BCUT2D eigenvalue weighted by Crippen LogP contribution is -2.22. The first-order valence-corrected chi connectivity index (χ1v) is 9.48. The number of thiophene rings is 1. The number of carboxylic acid groups (broad SMARTS) is 1. The molecule has 126 valence electrons. The van der Waals surface area contributed by atoms with E-state index >= 15 is 0 Å². The van der Waals surface area contributed by atoms with Crippen molar-refractivity contribution in [2.45, 2.75) is 58.8 Å². The minimum absolute atomic E-state index is 0.213. The number of rotatable bonds is 4. The van der Waals surface area contributed by atoms with Crippen molar-refractivity contribution >= 4 is 22.9 Å². The summed E-state index contributed by atoms with van der Waals surface area (Å²) in [7, 11) is 1.97. The summed E-state index contributed by atoms with van der Waals surface area (Å²) in [5.41, 5.74) is 4.68. The van der Waals surface area contributed by atoms with Crippen molar-refractivity contribution in [2.75, 3.05) is 13.6 Å². The third-order valence-corrected chi connectivity index (χ3v) is 6.59. The molecule has 2 aliphatic rings. The minimum atomic E-state index is -0.739. The van der Waals surface area contributed by atoms with Crippen molar-refractivity contribution in [1.29, 1.82) is 0 Å². The predicted molar refractivity (Wildman–Crippen MR) is 96.4 cm³/mol. The zero-order valence-electron chi connectivity index (χ0n) is 14.4. The number of aromatic carboxylic acids is 1. The summed E-state index contributed by atoms with van der Waals surface area (Å²) in [6.45, 7) is 5.39. The highest BCUT2D eigenvalue weighted by atomic mass is 32.1. The fourth-order valence-electron chi connectivity index (χ4n) is 4.01. The maximum absolute atomic E-state index is 12.0. The van der Waals surface area contributed by atoms with E-state index in [4.69, 9.17) is 0 Å². The Kier molecular flexibility index (Phi) is 4.65. The second-order valence-electron chi connectivity index (χ2n) is 7.67. The van der Waals surface area contributed by atoms with Gasteiger partial charge in [0, 0.05) is 16.3 Å². The molecular weight excluding hydrogens is 306 g/mol. The fraction of sp³-hybridized carbons (Fsp3) is 0.632. The number of carbonyl (C=O) groups is 1. The summed E-state index contributed by atoms with van der Waals surface area (Å²) in [6.07, 6.45) is 7.61. The second-order valence-corrected chi connectivity index (χ2v) is 8.78. The third-order valence-electron chi connectivity index (χ3n) is 5.24. The van der Waals surface area contributed by atoms with Gasteiger partial charge < -0.3 is 10.4 Å². The van der Waals surface area contributed by atoms with Crippen molar-refractivity contribution in [3.63, 3.8) is 0 Å². The highest BCUT2D eigenvalue weighted by molar-refractivity contribution is 7.13. The fourth-order valence-corrected chi connectivity index (χ4v) is 5.44. The van der Waals surface area contributed by atoms with Crippen LogP contribution < -0.4 is 5.32 Å². The van der Waals surface area contributed by atoms with Crippen LogP contribution in [0.5, 0.6) is 0 Å². The van der Waals surface area contributed by atoms with Crippen LogP contribution in [0.15, 0.2) is 5.57 Å². The van der Waals surface area contributed by atoms with E-state index in [9.17, 15) is 9.90 Å². The van der Waals surface area contributed by atoms with Crippen LogP contribution in [-0.4, -0.2) is 24.7 Å². The van der Waals surface area contributed by atoms with Crippen LogP contribution in [0.3, 0.4) is 0 Å². The molecule has 2 aliphatic carbocycles. The summed E-state index contributed by atoms with van der Waals surface area (Å²) < 4.78 is 0. The molecule has 1 aromatic rings. The molecule has 0 saturated heterocycles. The van der Waals surface area contributed by atoms with Crippen LogP contribution in [-0.2, 0) is 12.8 Å². The average molecular weight is 333 g/mol. The molecule has 0 spiro atoms. The van der Waals surface area contributed by atoms with Gasteiger partial charge in [0.05, 0.1) is 5.56 Å². The molecule has 0 aliphatic heterocycles. The summed E-state index contributed by atoms with van der Waals surface area (Å²) in [6, 6.07) is 0. The van der Waals surface area contributed by atoms with Crippen molar-refractivity contribution in [3.8, 4) is 0 Å². The van der Waals surface area contributed by atoms with Crippen molar-refractivity contribution in [1.82, 2.24) is 5.32 Å². The van der Waals surface area contributed by atoms with E-state index in [1.807, 2.05) is 7.05 Å². The molecule has 0 fully saturated rings. The first-order valence-electron chi connectivity index (χ1n) is 8.66. The van der Waals surface area contributed by atoms with Gasteiger partial charge in [0.2, 0.25) is 0 Å². The van der Waals surface area contributed by atoms with Gasteiger partial charge in [-0.05, 0) is 68.5 Å². The SMILES string of the molecule is CNCC1=C(c2sc3c(c2C(=O)O)CC(C)(C)CC3)CCCC1. The molecule has 23 heavy (non-hydrogen) atoms. The summed E-state index contributed by atoms with van der Waals surface area (Å²) >= 11 is 1.76. The number of nitrogens with one attached hydrogen (secondary N) is 1. The van der Waals surface area contributed by atoms with Crippen LogP contribution >= 0.6 is 11.3 Å². The van der Waals surface area contributed by atoms with Gasteiger partial charge in [0.15, 0.2) is 0 Å². The lowest BCUT2D eigenvalue weighted by atomic mass is 9.75. The number of fused-ring (bicyclic) bond motifs is 1. The minimum Gasteiger partial charge on any atom is -0.478 e. The molecule has 0 atom stereocenters. The number of hydrogen-bond donors (Lipinski definition) is 2. The molecule has 0 aromatic carbocycles. The Bertz CT molecular complexity index is 655. The molecule has 0 unspecified atom stereocenters. The number of likely N-dealkylation sites (N-methyl/N-ethyl adjacent to an activating group) is 1. The van der Waals surface area contributed by atoms with Gasteiger partial charge in [-0.2, -0.15) is 0 Å². The van der Waals surface area contributed by atoms with Crippen molar-refractivity contribution in [3.05, 3.63) is 26.5 Å². The molecule has 1 aromatic heterocycles. The molecule has 3 nitrogen and oxygen atoms in total. The maximum Gasteiger partial charge on any atom is 0.337 e. The summed E-state index contributed by atoms with van der Waals surface area (Å²) in [5.74, 6) is -0.739. The number of hydrogen-bond acceptors (Lipinski definition) is 3. The Labute approximate surface area is 142 Å². The topological polar surface area (TPSA) is 49.3 Å². The van der Waals surface area contributed by atoms with E-state index < -0.39 is 5.97 Å². The maximum atomic E-state index is 12.0. The number of allylic oxidation sites excluding steroid dienone is 1. The smallest absolute Gasteiger partial charge is 0.337 e. The van der Waals surface area contributed by atoms with Crippen LogP contribution in [0.4, 0.5) is 0 Å². The predicted octanol–water partition coefficient (Wildman–Crippen LogP) is 4.51. The van der Waals surface area contributed by atoms with E-state index in [0.717, 1.165) is 49.1 Å². The number of aryl methyl sites for hydroxylation is 1. The van der Waals surface area contributed by atoms with Gasteiger partial charge in [-0.3, -0.25) is 0 Å². The van der Waals surface area contributed by atoms with Gasteiger partial charge in [-0.1, -0.05) is 19.4 Å². The van der Waals surface area contributed by atoms with E-state index in [1.165, 1.54) is 28.9 Å². The van der Waals surface area contributed by atoms with Gasteiger partial charge in [0.1, 0.15) is 0 Å². The van der Waals surface area contributed by atoms with Crippen LogP contribution in [0.1, 0.15) is 71.6 Å². The van der Waals surface area contributed by atoms with Gasteiger partial charge in [-0.25, -0.2) is 4.79 Å². The van der Waals surface area contributed by atoms with Gasteiger partial charge in [-0.15, -0.1) is 11.3 Å². The Morgan fingerprint density at radius 2 is 2.00 bits per heavy atom. The first-order chi connectivity index (χ1) is 10.9. The molecule has 2 N–H and O–H groups in total. The third kappa shape index (κ3) is 3.24. The highest BCUT2D eigenvalue weighted by Crippen LogP contribution is 2.46. The zero-order valence-corrected chi connectivity index (χ0v) is 15.2. The van der Waals surface area contributed by atoms with Crippen molar-refractivity contribution < 1.29 is 9.90 Å². The molecule has 1 heterocycles. The monoisotopic (exact) mass is 333 g/mol. The number of carboxylic acids is 1. The Morgan fingerprint density at radius 1 is 1.26 bits per heavy atom. The lowest BCUT2D eigenvalue weighted by Gasteiger charge is -2.29. The normalized spacial score (nSPS) is 20.5. The second kappa shape index (κ2) is 6.40. The molecule has 0 bridgehead atoms. The van der Waals surface area contributed by atoms with Crippen LogP contribution in [0.25, 0.3) is 5.57 Å². The van der Waals surface area contributed by atoms with Gasteiger partial charge in [0.25, 0.3) is 0 Å². The molecule has 3 rings (SSSR count). The first kappa shape index (κ1) is 16.7. The molecular formula is C19H27NO2S. The standard InChI is InChI=1S/C19H27NO2S/c1-19(2)9-8-15-14(10-19)16(18(21)22)17(23-15)13-7-5-4-6-12(13)11-20-3/h20H,4-11H2,1-3H3,(H,21,22). The van der Waals surface area contributed by atoms with E-state index in [1.54, 1.807) is 11.3 Å². The molecule has 4 heteroatoms. The summed E-state index contributed by atoms with van der Waals surface area (Å²) in [5, 5.41) is 13.2. The average Bonchev–Trinajstić information content (AvgIpc) is 2.85. The Morgan fingerprint density at radius 3 is 2.70 bits per heavy atom.